The molecule has 0 unspecified atom stereocenters. The van der Waals surface area contributed by atoms with Gasteiger partial charge >= 0.3 is 0 Å². The minimum atomic E-state index is -0.221. The fourth-order valence-electron chi connectivity index (χ4n) is 2.57. The lowest BCUT2D eigenvalue weighted by atomic mass is 10.1. The standard InChI is InChI=1S/C22H28N2O3/c1-15(2)27-14-18-8-10-19(11-9-18)22(26)24(5)13-21(25)23-20-12-16(3)6-7-17(20)4/h6-12,15H,13-14H2,1-5H3,(H,23,25). The molecule has 0 aromatic heterocycles. The van der Waals surface area contributed by atoms with Crippen molar-refractivity contribution < 1.29 is 14.3 Å². The molecular weight excluding hydrogens is 340 g/mol. The molecule has 0 spiro atoms. The Morgan fingerprint density at radius 2 is 1.74 bits per heavy atom. The second-order valence-electron chi connectivity index (χ2n) is 7.08. The maximum Gasteiger partial charge on any atom is 0.254 e. The Morgan fingerprint density at radius 1 is 1.07 bits per heavy atom. The summed E-state index contributed by atoms with van der Waals surface area (Å²) < 4.78 is 5.55. The van der Waals surface area contributed by atoms with Crippen LogP contribution < -0.4 is 5.32 Å². The van der Waals surface area contributed by atoms with Crippen molar-refractivity contribution >= 4 is 17.5 Å². The van der Waals surface area contributed by atoms with Gasteiger partial charge in [0.1, 0.15) is 0 Å². The third-order valence-electron chi connectivity index (χ3n) is 4.18. The van der Waals surface area contributed by atoms with Gasteiger partial charge in [0.2, 0.25) is 5.91 Å². The molecule has 2 rings (SSSR count). The SMILES string of the molecule is Cc1ccc(C)c(NC(=O)CN(C)C(=O)c2ccc(COC(C)C)cc2)c1. The molecule has 144 valence electrons. The molecule has 2 amide bonds. The van der Waals surface area contributed by atoms with E-state index in [9.17, 15) is 9.59 Å². The van der Waals surface area contributed by atoms with Crippen molar-refractivity contribution in [3.63, 3.8) is 0 Å². The van der Waals surface area contributed by atoms with E-state index in [0.29, 0.717) is 12.2 Å². The van der Waals surface area contributed by atoms with Gasteiger partial charge in [0.05, 0.1) is 19.3 Å². The fourth-order valence-corrected chi connectivity index (χ4v) is 2.57. The van der Waals surface area contributed by atoms with Gasteiger partial charge in [-0.1, -0.05) is 24.3 Å². The lowest BCUT2D eigenvalue weighted by Gasteiger charge is -2.18. The van der Waals surface area contributed by atoms with Crippen LogP contribution in [-0.4, -0.2) is 36.4 Å². The summed E-state index contributed by atoms with van der Waals surface area (Å²) in [7, 11) is 1.63. The Bertz CT molecular complexity index is 798. The molecule has 0 aliphatic carbocycles. The van der Waals surface area contributed by atoms with Crippen molar-refractivity contribution in [3.05, 3.63) is 64.7 Å². The third kappa shape index (κ3) is 6.22. The molecule has 2 aromatic carbocycles. The Labute approximate surface area is 161 Å². The van der Waals surface area contributed by atoms with Crippen LogP contribution in [0.4, 0.5) is 5.69 Å². The molecule has 1 N–H and O–H groups in total. The Kier molecular flexibility index (Phi) is 7.13. The number of likely N-dealkylation sites (N-methyl/N-ethyl adjacent to an activating group) is 1. The van der Waals surface area contributed by atoms with Crippen LogP contribution in [0.2, 0.25) is 0 Å². The van der Waals surface area contributed by atoms with Gasteiger partial charge in [0.15, 0.2) is 0 Å². The number of amides is 2. The highest BCUT2D eigenvalue weighted by molar-refractivity contribution is 5.99. The first-order valence-corrected chi connectivity index (χ1v) is 9.09. The van der Waals surface area contributed by atoms with E-state index in [2.05, 4.69) is 5.32 Å². The summed E-state index contributed by atoms with van der Waals surface area (Å²) in [6, 6.07) is 13.2. The summed E-state index contributed by atoms with van der Waals surface area (Å²) in [6.07, 6.45) is 0.160. The average molecular weight is 368 g/mol. The van der Waals surface area contributed by atoms with Crippen molar-refractivity contribution in [1.29, 1.82) is 0 Å². The second kappa shape index (κ2) is 9.33. The van der Waals surface area contributed by atoms with E-state index >= 15 is 0 Å². The number of hydrogen-bond acceptors (Lipinski definition) is 3. The van der Waals surface area contributed by atoms with E-state index in [4.69, 9.17) is 4.74 Å². The number of benzene rings is 2. The van der Waals surface area contributed by atoms with Crippen molar-refractivity contribution in [2.24, 2.45) is 0 Å². The predicted molar refractivity (Wildman–Crippen MR) is 108 cm³/mol. The number of rotatable bonds is 7. The topological polar surface area (TPSA) is 58.6 Å². The summed E-state index contributed by atoms with van der Waals surface area (Å²) in [5.74, 6) is -0.413. The van der Waals surface area contributed by atoms with Crippen LogP contribution >= 0.6 is 0 Å². The summed E-state index contributed by atoms with van der Waals surface area (Å²) in [5.41, 5.74) is 4.39. The number of aryl methyl sites for hydroxylation is 2. The first-order chi connectivity index (χ1) is 12.8. The molecule has 0 fully saturated rings. The Morgan fingerprint density at radius 3 is 2.37 bits per heavy atom. The first-order valence-electron chi connectivity index (χ1n) is 9.09. The van der Waals surface area contributed by atoms with Gasteiger partial charge in [-0.2, -0.15) is 0 Å². The zero-order valence-electron chi connectivity index (χ0n) is 16.7. The van der Waals surface area contributed by atoms with Crippen LogP contribution in [0.3, 0.4) is 0 Å². The molecular formula is C22H28N2O3. The summed E-state index contributed by atoms with van der Waals surface area (Å²) in [6.45, 7) is 8.38. The van der Waals surface area contributed by atoms with Crippen LogP contribution in [0.25, 0.3) is 0 Å². The van der Waals surface area contributed by atoms with E-state index in [-0.39, 0.29) is 24.5 Å². The van der Waals surface area contributed by atoms with Gasteiger partial charge in [-0.25, -0.2) is 0 Å². The van der Waals surface area contributed by atoms with Crippen molar-refractivity contribution in [1.82, 2.24) is 4.90 Å². The van der Waals surface area contributed by atoms with Gasteiger partial charge in [-0.15, -0.1) is 0 Å². The van der Waals surface area contributed by atoms with Crippen molar-refractivity contribution in [2.45, 2.75) is 40.4 Å². The minimum absolute atomic E-state index is 0.00950. The number of nitrogens with zero attached hydrogens (tertiary/aromatic N) is 1. The molecule has 2 aromatic rings. The summed E-state index contributed by atoms with van der Waals surface area (Å²) in [5, 5.41) is 2.88. The highest BCUT2D eigenvalue weighted by Gasteiger charge is 2.15. The van der Waals surface area contributed by atoms with E-state index < -0.39 is 0 Å². The Hall–Kier alpha value is -2.66. The highest BCUT2D eigenvalue weighted by atomic mass is 16.5. The molecule has 0 aliphatic rings. The van der Waals surface area contributed by atoms with E-state index in [1.54, 1.807) is 19.2 Å². The average Bonchev–Trinajstić information content (AvgIpc) is 2.62. The lowest BCUT2D eigenvalue weighted by molar-refractivity contribution is -0.116. The molecule has 0 radical (unpaired) electrons. The van der Waals surface area contributed by atoms with Crippen LogP contribution in [0, 0.1) is 13.8 Å². The second-order valence-corrected chi connectivity index (χ2v) is 7.08. The number of nitrogens with one attached hydrogen (secondary N) is 1. The highest BCUT2D eigenvalue weighted by Crippen LogP contribution is 2.16. The molecule has 0 saturated carbocycles. The largest absolute Gasteiger partial charge is 0.374 e. The van der Waals surface area contributed by atoms with Gasteiger partial charge in [0, 0.05) is 18.3 Å². The summed E-state index contributed by atoms with van der Waals surface area (Å²) >= 11 is 0. The minimum Gasteiger partial charge on any atom is -0.374 e. The molecule has 0 heterocycles. The van der Waals surface area contributed by atoms with Crippen molar-refractivity contribution in [3.8, 4) is 0 Å². The molecule has 5 nitrogen and oxygen atoms in total. The number of carbonyl (C=O) groups excluding carboxylic acids is 2. The number of hydrogen-bond donors (Lipinski definition) is 1. The van der Waals surface area contributed by atoms with Gasteiger partial charge in [-0.3, -0.25) is 9.59 Å². The quantitative estimate of drug-likeness (QED) is 0.805. The molecule has 0 saturated heterocycles. The predicted octanol–water partition coefficient (Wildman–Crippen LogP) is 3.94. The van der Waals surface area contributed by atoms with E-state index in [0.717, 1.165) is 22.4 Å². The van der Waals surface area contributed by atoms with Crippen molar-refractivity contribution in [2.75, 3.05) is 18.9 Å². The van der Waals surface area contributed by atoms with E-state index in [1.807, 2.05) is 58.0 Å². The van der Waals surface area contributed by atoms with Gasteiger partial charge in [-0.05, 0) is 62.6 Å². The van der Waals surface area contributed by atoms with Crippen LogP contribution in [0.5, 0.6) is 0 Å². The Balaban J connectivity index is 1.94. The zero-order valence-corrected chi connectivity index (χ0v) is 16.7. The molecule has 0 bridgehead atoms. The van der Waals surface area contributed by atoms with Crippen LogP contribution in [0.15, 0.2) is 42.5 Å². The summed E-state index contributed by atoms with van der Waals surface area (Å²) in [4.78, 5) is 26.3. The van der Waals surface area contributed by atoms with Gasteiger partial charge < -0.3 is 15.0 Å². The first kappa shape index (κ1) is 20.6. The maximum atomic E-state index is 12.5. The van der Waals surface area contributed by atoms with Crippen LogP contribution in [0.1, 0.15) is 40.9 Å². The van der Waals surface area contributed by atoms with E-state index in [1.165, 1.54) is 4.90 Å². The van der Waals surface area contributed by atoms with Gasteiger partial charge in [0.25, 0.3) is 5.91 Å². The monoisotopic (exact) mass is 368 g/mol. The fraction of sp³-hybridized carbons (Fsp3) is 0.364. The molecule has 5 heteroatoms. The number of anilines is 1. The number of ether oxygens (including phenoxy) is 1. The lowest BCUT2D eigenvalue weighted by Crippen LogP contribution is -2.35. The smallest absolute Gasteiger partial charge is 0.254 e. The maximum absolute atomic E-state index is 12.5. The third-order valence-corrected chi connectivity index (χ3v) is 4.18. The zero-order chi connectivity index (χ0) is 20.0. The molecule has 27 heavy (non-hydrogen) atoms. The number of carbonyl (C=O) groups is 2. The van der Waals surface area contributed by atoms with Crippen LogP contribution in [-0.2, 0) is 16.1 Å². The molecule has 0 atom stereocenters. The normalized spacial score (nSPS) is 10.7. The molecule has 0 aliphatic heterocycles.